The van der Waals surface area contributed by atoms with Gasteiger partial charge in [-0.2, -0.15) is 0 Å². The summed E-state index contributed by atoms with van der Waals surface area (Å²) >= 11 is 1.39. The lowest BCUT2D eigenvalue weighted by molar-refractivity contribution is 0.0935. The van der Waals surface area contributed by atoms with E-state index in [4.69, 9.17) is 10.5 Å². The Hall–Kier alpha value is -1.92. The molecule has 2 aromatic rings. The van der Waals surface area contributed by atoms with Crippen LogP contribution in [0.2, 0.25) is 0 Å². The molecule has 0 saturated carbocycles. The molecule has 1 aromatic heterocycles. The number of carbonyl (C=O) groups excluding carboxylic acids is 1. The average Bonchev–Trinajstić information content (AvgIpc) is 2.96. The van der Waals surface area contributed by atoms with E-state index in [1.165, 1.54) is 11.3 Å². The number of thiazole rings is 1. The Balaban J connectivity index is 1.99. The third kappa shape index (κ3) is 4.29. The fourth-order valence-electron chi connectivity index (χ4n) is 1.97. The summed E-state index contributed by atoms with van der Waals surface area (Å²) < 4.78 is 5.61. The van der Waals surface area contributed by atoms with Gasteiger partial charge in [0, 0.05) is 11.9 Å². The molecule has 2 rings (SSSR count). The van der Waals surface area contributed by atoms with Gasteiger partial charge in [-0.3, -0.25) is 4.79 Å². The predicted molar refractivity (Wildman–Crippen MR) is 88.1 cm³/mol. The van der Waals surface area contributed by atoms with E-state index < -0.39 is 0 Å². The highest BCUT2D eigenvalue weighted by atomic mass is 32.1. The Kier molecular flexibility index (Phi) is 5.51. The lowest BCUT2D eigenvalue weighted by atomic mass is 10.1. The summed E-state index contributed by atoms with van der Waals surface area (Å²) in [6, 6.07) is 7.62. The molecule has 22 heavy (non-hydrogen) atoms. The van der Waals surface area contributed by atoms with Crippen LogP contribution in [0.5, 0.6) is 5.75 Å². The zero-order chi connectivity index (χ0) is 16.1. The van der Waals surface area contributed by atoms with Crippen LogP contribution in [0.1, 0.15) is 47.9 Å². The van der Waals surface area contributed by atoms with E-state index in [0.29, 0.717) is 12.2 Å². The van der Waals surface area contributed by atoms with Crippen molar-refractivity contribution < 1.29 is 9.53 Å². The smallest absolute Gasteiger partial charge is 0.271 e. The number of amides is 1. The van der Waals surface area contributed by atoms with Crippen LogP contribution < -0.4 is 15.8 Å². The van der Waals surface area contributed by atoms with Crippen LogP contribution >= 0.6 is 11.3 Å². The number of carbonyl (C=O) groups is 1. The number of benzene rings is 1. The van der Waals surface area contributed by atoms with Crippen molar-refractivity contribution in [1.82, 2.24) is 10.3 Å². The second-order valence-electron chi connectivity index (χ2n) is 5.26. The SMILES string of the molecule is CC(C)Oc1ccc(C(C)NC(=O)c2csc(CN)n2)cc1. The quantitative estimate of drug-likeness (QED) is 0.858. The molecule has 118 valence electrons. The molecule has 3 N–H and O–H groups in total. The second kappa shape index (κ2) is 7.38. The third-order valence-corrected chi connectivity index (χ3v) is 3.93. The summed E-state index contributed by atoms with van der Waals surface area (Å²) in [4.78, 5) is 16.3. The molecule has 1 unspecified atom stereocenters. The van der Waals surface area contributed by atoms with E-state index >= 15 is 0 Å². The molecule has 5 nitrogen and oxygen atoms in total. The monoisotopic (exact) mass is 319 g/mol. The van der Waals surface area contributed by atoms with E-state index in [9.17, 15) is 4.79 Å². The third-order valence-electron chi connectivity index (χ3n) is 3.06. The zero-order valence-electron chi connectivity index (χ0n) is 13.0. The first-order valence-electron chi connectivity index (χ1n) is 7.21. The fourth-order valence-corrected chi connectivity index (χ4v) is 2.62. The molecule has 0 aliphatic heterocycles. The molecule has 0 radical (unpaired) electrons. The number of nitrogens with one attached hydrogen (secondary N) is 1. The van der Waals surface area contributed by atoms with E-state index in [0.717, 1.165) is 16.3 Å². The van der Waals surface area contributed by atoms with Crippen molar-refractivity contribution in [2.45, 2.75) is 39.5 Å². The molecule has 0 spiro atoms. The number of hydrogen-bond acceptors (Lipinski definition) is 5. The van der Waals surface area contributed by atoms with Gasteiger partial charge < -0.3 is 15.8 Å². The Bertz CT molecular complexity index is 623. The molecule has 1 aromatic carbocycles. The Labute approximate surface area is 134 Å². The van der Waals surface area contributed by atoms with Gasteiger partial charge in [-0.1, -0.05) is 12.1 Å². The minimum atomic E-state index is -0.189. The maximum Gasteiger partial charge on any atom is 0.271 e. The van der Waals surface area contributed by atoms with Gasteiger partial charge in [0.2, 0.25) is 0 Å². The van der Waals surface area contributed by atoms with Crippen molar-refractivity contribution in [2.75, 3.05) is 0 Å². The Morgan fingerprint density at radius 1 is 1.32 bits per heavy atom. The van der Waals surface area contributed by atoms with Gasteiger partial charge >= 0.3 is 0 Å². The van der Waals surface area contributed by atoms with Crippen molar-refractivity contribution in [3.05, 3.63) is 45.9 Å². The number of aromatic nitrogens is 1. The summed E-state index contributed by atoms with van der Waals surface area (Å²) in [6.07, 6.45) is 0.143. The molecule has 1 amide bonds. The fraction of sp³-hybridized carbons (Fsp3) is 0.375. The lowest BCUT2D eigenvalue weighted by Gasteiger charge is -2.15. The first kappa shape index (κ1) is 16.5. The molecular weight excluding hydrogens is 298 g/mol. The van der Waals surface area contributed by atoms with Crippen LogP contribution in [0, 0.1) is 0 Å². The van der Waals surface area contributed by atoms with Gasteiger partial charge in [-0.15, -0.1) is 11.3 Å². The van der Waals surface area contributed by atoms with Gasteiger partial charge in [0.15, 0.2) is 0 Å². The number of rotatable bonds is 6. The molecule has 0 saturated heterocycles. The van der Waals surface area contributed by atoms with Crippen molar-refractivity contribution in [1.29, 1.82) is 0 Å². The van der Waals surface area contributed by atoms with Crippen LogP contribution in [0.3, 0.4) is 0 Å². The molecule has 6 heteroatoms. The first-order chi connectivity index (χ1) is 10.5. The van der Waals surface area contributed by atoms with Gasteiger partial charge in [-0.25, -0.2) is 4.98 Å². The minimum absolute atomic E-state index is 0.108. The van der Waals surface area contributed by atoms with Crippen molar-refractivity contribution in [3.63, 3.8) is 0 Å². The molecule has 0 bridgehead atoms. The van der Waals surface area contributed by atoms with Gasteiger partial charge in [-0.05, 0) is 38.5 Å². The number of nitrogens with two attached hydrogens (primary N) is 1. The summed E-state index contributed by atoms with van der Waals surface area (Å²) in [5, 5.41) is 5.42. The Morgan fingerprint density at radius 3 is 2.55 bits per heavy atom. The van der Waals surface area contributed by atoms with E-state index in [1.807, 2.05) is 45.0 Å². The van der Waals surface area contributed by atoms with Crippen LogP contribution in [0.15, 0.2) is 29.6 Å². The maximum atomic E-state index is 12.1. The predicted octanol–water partition coefficient (Wildman–Crippen LogP) is 2.88. The van der Waals surface area contributed by atoms with Gasteiger partial charge in [0.1, 0.15) is 16.5 Å². The summed E-state index contributed by atoms with van der Waals surface area (Å²) in [7, 11) is 0. The summed E-state index contributed by atoms with van der Waals surface area (Å²) in [5.41, 5.74) is 6.94. The lowest BCUT2D eigenvalue weighted by Crippen LogP contribution is -2.27. The van der Waals surface area contributed by atoms with Crippen LogP contribution in [-0.4, -0.2) is 17.0 Å². The number of hydrogen-bond donors (Lipinski definition) is 2. The molecular formula is C16H21N3O2S. The summed E-state index contributed by atoms with van der Waals surface area (Å²) in [6.45, 7) is 6.26. The maximum absolute atomic E-state index is 12.1. The second-order valence-corrected chi connectivity index (χ2v) is 6.20. The van der Waals surface area contributed by atoms with Crippen molar-refractivity contribution in [2.24, 2.45) is 5.73 Å². The van der Waals surface area contributed by atoms with Gasteiger partial charge in [0.25, 0.3) is 5.91 Å². The molecule has 0 aliphatic rings. The standard InChI is InChI=1S/C16H21N3O2S/c1-10(2)21-13-6-4-12(5-7-13)11(3)18-16(20)14-9-22-15(8-17)19-14/h4-7,9-11H,8,17H2,1-3H3,(H,18,20). The van der Waals surface area contributed by atoms with E-state index in [2.05, 4.69) is 10.3 Å². The normalized spacial score (nSPS) is 12.2. The van der Waals surface area contributed by atoms with E-state index in [1.54, 1.807) is 5.38 Å². The number of ether oxygens (including phenoxy) is 1. The highest BCUT2D eigenvalue weighted by Gasteiger charge is 2.14. The highest BCUT2D eigenvalue weighted by molar-refractivity contribution is 7.09. The highest BCUT2D eigenvalue weighted by Crippen LogP contribution is 2.19. The zero-order valence-corrected chi connectivity index (χ0v) is 13.8. The molecule has 1 heterocycles. The van der Waals surface area contributed by atoms with Crippen LogP contribution in [0.25, 0.3) is 0 Å². The first-order valence-corrected chi connectivity index (χ1v) is 8.09. The van der Waals surface area contributed by atoms with Crippen molar-refractivity contribution in [3.8, 4) is 5.75 Å². The molecule has 1 atom stereocenters. The largest absolute Gasteiger partial charge is 0.491 e. The summed E-state index contributed by atoms with van der Waals surface area (Å²) in [5.74, 6) is 0.635. The Morgan fingerprint density at radius 2 is 2.00 bits per heavy atom. The van der Waals surface area contributed by atoms with Gasteiger partial charge in [0.05, 0.1) is 12.1 Å². The topological polar surface area (TPSA) is 77.2 Å². The molecule has 0 aliphatic carbocycles. The van der Waals surface area contributed by atoms with Crippen LogP contribution in [-0.2, 0) is 6.54 Å². The van der Waals surface area contributed by atoms with Crippen molar-refractivity contribution >= 4 is 17.2 Å². The number of nitrogens with zero attached hydrogens (tertiary/aromatic N) is 1. The molecule has 0 fully saturated rings. The minimum Gasteiger partial charge on any atom is -0.491 e. The van der Waals surface area contributed by atoms with Crippen LogP contribution in [0.4, 0.5) is 0 Å². The van der Waals surface area contributed by atoms with E-state index in [-0.39, 0.29) is 18.1 Å². The average molecular weight is 319 g/mol.